The van der Waals surface area contributed by atoms with Crippen LogP contribution in [0.3, 0.4) is 0 Å². The van der Waals surface area contributed by atoms with Gasteiger partial charge in [-0.2, -0.15) is 13.2 Å². The summed E-state index contributed by atoms with van der Waals surface area (Å²) in [6.07, 6.45) is -3.74. The summed E-state index contributed by atoms with van der Waals surface area (Å²) >= 11 is 1.24. The van der Waals surface area contributed by atoms with Gasteiger partial charge in [0.05, 0.1) is 10.4 Å². The van der Waals surface area contributed by atoms with E-state index >= 15 is 0 Å². The van der Waals surface area contributed by atoms with Crippen LogP contribution in [0.5, 0.6) is 0 Å². The third kappa shape index (κ3) is 2.86. The van der Waals surface area contributed by atoms with E-state index in [4.69, 9.17) is 0 Å². The maximum Gasteiger partial charge on any atom is 0.417 e. The van der Waals surface area contributed by atoms with Gasteiger partial charge in [0.15, 0.2) is 0 Å². The van der Waals surface area contributed by atoms with Crippen molar-refractivity contribution in [2.45, 2.75) is 6.18 Å². The fraction of sp³-hybridized carbons (Fsp3) is 0.0909. The summed E-state index contributed by atoms with van der Waals surface area (Å²) in [6, 6.07) is 5.31. The average molecular weight is 272 g/mol. The minimum Gasteiger partial charge on any atom is -0.306 e. The van der Waals surface area contributed by atoms with Crippen LogP contribution in [-0.2, 0) is 6.18 Å². The average Bonchev–Trinajstić information content (AvgIpc) is 2.82. The molecular weight excluding hydrogens is 265 g/mol. The maximum atomic E-state index is 12.3. The van der Waals surface area contributed by atoms with E-state index in [-0.39, 0.29) is 5.82 Å². The van der Waals surface area contributed by atoms with E-state index in [1.54, 1.807) is 17.5 Å². The first kappa shape index (κ1) is 12.6. The molecule has 1 N–H and O–H groups in total. The van der Waals surface area contributed by atoms with Gasteiger partial charge in [-0.15, -0.1) is 11.3 Å². The van der Waals surface area contributed by atoms with Crippen molar-refractivity contribution >= 4 is 23.1 Å². The number of carbonyl (C=O) groups excluding carboxylic acids is 1. The van der Waals surface area contributed by atoms with E-state index in [9.17, 15) is 18.0 Å². The zero-order valence-corrected chi connectivity index (χ0v) is 9.68. The molecule has 2 aromatic rings. The molecule has 0 aliphatic rings. The SMILES string of the molecule is O=C(Nc1ccc(C(F)(F)F)cn1)c1cccs1. The highest BCUT2D eigenvalue weighted by molar-refractivity contribution is 7.12. The Morgan fingerprint density at radius 1 is 1.28 bits per heavy atom. The Balaban J connectivity index is 2.09. The van der Waals surface area contributed by atoms with Gasteiger partial charge in [0.2, 0.25) is 0 Å². The van der Waals surface area contributed by atoms with Gasteiger partial charge in [0.25, 0.3) is 5.91 Å². The minimum atomic E-state index is -4.43. The number of thiophene rings is 1. The molecule has 94 valence electrons. The zero-order valence-electron chi connectivity index (χ0n) is 8.86. The molecule has 2 rings (SSSR count). The molecule has 18 heavy (non-hydrogen) atoms. The maximum absolute atomic E-state index is 12.3. The first-order chi connectivity index (χ1) is 8.47. The predicted molar refractivity (Wildman–Crippen MR) is 61.5 cm³/mol. The van der Waals surface area contributed by atoms with E-state index in [0.717, 1.165) is 12.1 Å². The van der Waals surface area contributed by atoms with Gasteiger partial charge in [-0.3, -0.25) is 4.79 Å². The number of anilines is 1. The molecule has 7 heteroatoms. The standard InChI is InChI=1S/C11H7F3N2OS/c12-11(13,14)7-3-4-9(15-6-7)16-10(17)8-2-1-5-18-8/h1-6H,(H,15,16,17). The number of alkyl halides is 3. The highest BCUT2D eigenvalue weighted by atomic mass is 32.1. The molecule has 0 aromatic carbocycles. The van der Waals surface area contributed by atoms with Crippen molar-refractivity contribution in [3.05, 3.63) is 46.3 Å². The number of nitrogens with one attached hydrogen (secondary N) is 1. The number of nitrogens with zero attached hydrogens (tertiary/aromatic N) is 1. The van der Waals surface area contributed by atoms with Gasteiger partial charge < -0.3 is 5.32 Å². The van der Waals surface area contributed by atoms with Crippen LogP contribution in [0.4, 0.5) is 19.0 Å². The number of amides is 1. The Kier molecular flexibility index (Phi) is 3.33. The molecule has 0 saturated heterocycles. The van der Waals surface area contributed by atoms with Crippen LogP contribution in [0.1, 0.15) is 15.2 Å². The molecule has 2 aromatic heterocycles. The van der Waals surface area contributed by atoms with Gasteiger partial charge in [-0.05, 0) is 23.6 Å². The summed E-state index contributed by atoms with van der Waals surface area (Å²) in [4.78, 5) is 15.6. The predicted octanol–water partition coefficient (Wildman–Crippen LogP) is 3.41. The molecule has 0 fully saturated rings. The van der Waals surface area contributed by atoms with Gasteiger partial charge in [-0.1, -0.05) is 6.07 Å². The van der Waals surface area contributed by atoms with Gasteiger partial charge in [0, 0.05) is 6.20 Å². The van der Waals surface area contributed by atoms with Gasteiger partial charge in [0.1, 0.15) is 5.82 Å². The number of hydrogen-bond acceptors (Lipinski definition) is 3. The molecular formula is C11H7F3N2OS. The number of pyridine rings is 1. The Labute approximate surface area is 104 Å². The summed E-state index contributed by atoms with van der Waals surface area (Å²) < 4.78 is 36.8. The number of rotatable bonds is 2. The zero-order chi connectivity index (χ0) is 13.2. The number of carbonyl (C=O) groups is 1. The van der Waals surface area contributed by atoms with E-state index in [2.05, 4.69) is 10.3 Å². The van der Waals surface area contributed by atoms with Crippen molar-refractivity contribution in [1.82, 2.24) is 4.98 Å². The van der Waals surface area contributed by atoms with Crippen molar-refractivity contribution in [1.29, 1.82) is 0 Å². The lowest BCUT2D eigenvalue weighted by Crippen LogP contribution is -2.12. The molecule has 0 spiro atoms. The molecule has 0 bridgehead atoms. The highest BCUT2D eigenvalue weighted by Gasteiger charge is 2.30. The van der Waals surface area contributed by atoms with Gasteiger partial charge in [-0.25, -0.2) is 4.98 Å². The third-order valence-electron chi connectivity index (χ3n) is 2.08. The summed E-state index contributed by atoms with van der Waals surface area (Å²) in [6.45, 7) is 0. The van der Waals surface area contributed by atoms with Crippen LogP contribution in [0.15, 0.2) is 35.8 Å². The number of aromatic nitrogens is 1. The Morgan fingerprint density at radius 2 is 2.06 bits per heavy atom. The molecule has 1 amide bonds. The summed E-state index contributed by atoms with van der Waals surface area (Å²) in [5, 5.41) is 4.15. The molecule has 0 aliphatic heterocycles. The number of halogens is 3. The van der Waals surface area contributed by atoms with Crippen molar-refractivity contribution in [3.8, 4) is 0 Å². The monoisotopic (exact) mass is 272 g/mol. The minimum absolute atomic E-state index is 0.0846. The van der Waals surface area contributed by atoms with Crippen LogP contribution in [0, 0.1) is 0 Å². The Hall–Kier alpha value is -1.89. The second-order valence-electron chi connectivity index (χ2n) is 3.36. The van der Waals surface area contributed by atoms with Crippen LogP contribution < -0.4 is 5.32 Å². The molecule has 0 aliphatic carbocycles. The quantitative estimate of drug-likeness (QED) is 0.910. The molecule has 0 radical (unpaired) electrons. The summed E-state index contributed by atoms with van der Waals surface area (Å²) in [7, 11) is 0. The van der Waals surface area contributed by atoms with Crippen molar-refractivity contribution in [2.24, 2.45) is 0 Å². The largest absolute Gasteiger partial charge is 0.417 e. The van der Waals surface area contributed by atoms with Crippen molar-refractivity contribution in [2.75, 3.05) is 5.32 Å². The molecule has 0 unspecified atom stereocenters. The van der Waals surface area contributed by atoms with E-state index in [1.807, 2.05) is 0 Å². The van der Waals surface area contributed by atoms with E-state index < -0.39 is 17.6 Å². The van der Waals surface area contributed by atoms with Crippen LogP contribution in [-0.4, -0.2) is 10.9 Å². The lowest BCUT2D eigenvalue weighted by Gasteiger charge is -2.07. The van der Waals surface area contributed by atoms with Crippen LogP contribution in [0.2, 0.25) is 0 Å². The van der Waals surface area contributed by atoms with Gasteiger partial charge >= 0.3 is 6.18 Å². The Morgan fingerprint density at radius 3 is 2.56 bits per heavy atom. The van der Waals surface area contributed by atoms with E-state index in [0.29, 0.717) is 11.1 Å². The lowest BCUT2D eigenvalue weighted by molar-refractivity contribution is -0.137. The second-order valence-corrected chi connectivity index (χ2v) is 4.31. The summed E-state index contributed by atoms with van der Waals surface area (Å²) in [5.74, 6) is -0.307. The molecule has 0 atom stereocenters. The normalized spacial score (nSPS) is 11.3. The Bertz CT molecular complexity index is 534. The first-order valence-electron chi connectivity index (χ1n) is 4.85. The van der Waals surface area contributed by atoms with E-state index in [1.165, 1.54) is 11.3 Å². The molecule has 2 heterocycles. The van der Waals surface area contributed by atoms with Crippen molar-refractivity contribution < 1.29 is 18.0 Å². The second kappa shape index (κ2) is 4.77. The lowest BCUT2D eigenvalue weighted by atomic mass is 10.3. The topological polar surface area (TPSA) is 42.0 Å². The smallest absolute Gasteiger partial charge is 0.306 e. The first-order valence-corrected chi connectivity index (χ1v) is 5.73. The third-order valence-corrected chi connectivity index (χ3v) is 2.95. The summed E-state index contributed by atoms with van der Waals surface area (Å²) in [5.41, 5.74) is -0.850. The van der Waals surface area contributed by atoms with Crippen LogP contribution >= 0.6 is 11.3 Å². The fourth-order valence-corrected chi connectivity index (χ4v) is 1.84. The number of hydrogen-bond donors (Lipinski definition) is 1. The van der Waals surface area contributed by atoms with Crippen molar-refractivity contribution in [3.63, 3.8) is 0 Å². The fourth-order valence-electron chi connectivity index (χ4n) is 1.22. The highest BCUT2D eigenvalue weighted by Crippen LogP contribution is 2.28. The molecule has 0 saturated carbocycles. The van der Waals surface area contributed by atoms with Crippen LogP contribution in [0.25, 0.3) is 0 Å². The molecule has 3 nitrogen and oxygen atoms in total.